The summed E-state index contributed by atoms with van der Waals surface area (Å²) in [7, 11) is 0. The Balaban J connectivity index is 2.33. The van der Waals surface area contributed by atoms with Crippen LogP contribution in [0.3, 0.4) is 0 Å². The summed E-state index contributed by atoms with van der Waals surface area (Å²) < 4.78 is 5.67. The van der Waals surface area contributed by atoms with Crippen molar-refractivity contribution in [1.82, 2.24) is 0 Å². The second kappa shape index (κ2) is 11.2. The number of furan rings is 1. The smallest absolute Gasteiger partial charge is 0.194 e. The zero-order valence-corrected chi connectivity index (χ0v) is 17.6. The first-order valence-corrected chi connectivity index (χ1v) is 11.2. The van der Waals surface area contributed by atoms with E-state index in [1.54, 1.807) is 6.26 Å². The van der Waals surface area contributed by atoms with Gasteiger partial charge in [0.25, 0.3) is 0 Å². The second-order valence-electron chi connectivity index (χ2n) is 6.27. The number of carbonyl (C=O) groups excluding carboxylic acids is 2. The largest absolute Gasteiger partial charge is 0.467 e. The molecule has 1 aromatic heterocycles. The van der Waals surface area contributed by atoms with Crippen LogP contribution in [0.4, 0.5) is 5.69 Å². The molecule has 4 nitrogen and oxygen atoms in total. The number of anilines is 1. The monoisotopic (exact) mass is 405 g/mol. The summed E-state index contributed by atoms with van der Waals surface area (Å²) in [6.07, 6.45) is 1.99. The Kier molecular flexibility index (Phi) is 9.01. The molecule has 0 saturated carbocycles. The average molecular weight is 406 g/mol. The van der Waals surface area contributed by atoms with Gasteiger partial charge in [0.05, 0.1) is 18.2 Å². The first-order chi connectivity index (χ1) is 13.1. The maximum Gasteiger partial charge on any atom is 0.194 e. The fourth-order valence-corrected chi connectivity index (χ4v) is 4.61. The third-order valence-electron chi connectivity index (χ3n) is 4.27. The van der Waals surface area contributed by atoms with Crippen molar-refractivity contribution in [3.8, 4) is 0 Å². The van der Waals surface area contributed by atoms with Crippen molar-refractivity contribution in [2.24, 2.45) is 11.8 Å². The maximum absolute atomic E-state index is 13.0. The van der Waals surface area contributed by atoms with Gasteiger partial charge in [0.1, 0.15) is 5.76 Å². The molecule has 2 aromatic rings. The lowest BCUT2D eigenvalue weighted by atomic mass is 9.84. The second-order valence-corrected chi connectivity index (χ2v) is 8.86. The van der Waals surface area contributed by atoms with E-state index in [1.807, 2.05) is 63.2 Å². The molecule has 0 bridgehead atoms. The summed E-state index contributed by atoms with van der Waals surface area (Å²) in [6, 6.07) is 13.2. The Morgan fingerprint density at radius 1 is 1.04 bits per heavy atom. The molecule has 0 radical (unpaired) electrons. The minimum Gasteiger partial charge on any atom is -0.467 e. The molecule has 0 aliphatic rings. The number of nitrogens with one attached hydrogen (secondary N) is 1. The lowest BCUT2D eigenvalue weighted by Gasteiger charge is -2.30. The number of carbonyl (C=O) groups is 2. The van der Waals surface area contributed by atoms with Gasteiger partial charge in [0, 0.05) is 12.1 Å². The van der Waals surface area contributed by atoms with Crippen LogP contribution in [0.1, 0.15) is 39.0 Å². The molecule has 0 spiro atoms. The molecule has 1 N–H and O–H groups in total. The van der Waals surface area contributed by atoms with Crippen LogP contribution < -0.4 is 5.32 Å². The molecule has 0 unspecified atom stereocenters. The Labute approximate surface area is 169 Å². The summed E-state index contributed by atoms with van der Waals surface area (Å²) in [4.78, 5) is 25.2. The maximum atomic E-state index is 13.0. The molecule has 6 heteroatoms. The molecular formula is C21H27NO3S2. The van der Waals surface area contributed by atoms with Crippen LogP contribution >= 0.6 is 23.5 Å². The van der Waals surface area contributed by atoms with Gasteiger partial charge in [-0.2, -0.15) is 0 Å². The molecule has 1 heterocycles. The van der Waals surface area contributed by atoms with Gasteiger partial charge in [0.2, 0.25) is 0 Å². The van der Waals surface area contributed by atoms with Gasteiger partial charge in [-0.25, -0.2) is 0 Å². The third kappa shape index (κ3) is 6.47. The van der Waals surface area contributed by atoms with Gasteiger partial charge in [-0.05, 0) is 41.7 Å². The molecule has 0 fully saturated rings. The van der Waals surface area contributed by atoms with Gasteiger partial charge >= 0.3 is 0 Å². The highest BCUT2D eigenvalue weighted by Gasteiger charge is 2.36. The summed E-state index contributed by atoms with van der Waals surface area (Å²) in [5.74, 6) is 1.68. The van der Waals surface area contributed by atoms with E-state index in [4.69, 9.17) is 4.42 Å². The fraction of sp³-hybridized carbons (Fsp3) is 0.429. The Morgan fingerprint density at radius 3 is 2.33 bits per heavy atom. The Hall–Kier alpha value is -1.66. The van der Waals surface area contributed by atoms with Gasteiger partial charge < -0.3 is 9.73 Å². The van der Waals surface area contributed by atoms with Crippen molar-refractivity contribution in [3.63, 3.8) is 0 Å². The zero-order valence-electron chi connectivity index (χ0n) is 16.0. The van der Waals surface area contributed by atoms with Crippen molar-refractivity contribution in [3.05, 3.63) is 54.5 Å². The highest BCUT2D eigenvalue weighted by atomic mass is 32.2. The van der Waals surface area contributed by atoms with Gasteiger partial charge in [-0.15, -0.1) is 0 Å². The van der Waals surface area contributed by atoms with Gasteiger partial charge in [0.15, 0.2) is 10.2 Å². The van der Waals surface area contributed by atoms with E-state index in [2.05, 4.69) is 5.32 Å². The molecule has 3 atom stereocenters. The minimum atomic E-state index is -0.372. The molecule has 2 rings (SSSR count). The topological polar surface area (TPSA) is 59.3 Å². The van der Waals surface area contributed by atoms with Crippen LogP contribution in [-0.2, 0) is 9.59 Å². The van der Waals surface area contributed by atoms with E-state index in [1.165, 1.54) is 23.5 Å². The normalized spacial score (nSPS) is 14.3. The van der Waals surface area contributed by atoms with Gasteiger partial charge in [-0.1, -0.05) is 62.5 Å². The Morgan fingerprint density at radius 2 is 1.74 bits per heavy atom. The predicted molar refractivity (Wildman–Crippen MR) is 115 cm³/mol. The van der Waals surface area contributed by atoms with Crippen molar-refractivity contribution in [2.45, 2.75) is 33.2 Å². The average Bonchev–Trinajstić information content (AvgIpc) is 3.17. The van der Waals surface area contributed by atoms with E-state index in [-0.39, 0.29) is 28.1 Å². The molecule has 0 saturated heterocycles. The number of rotatable bonds is 10. The lowest BCUT2D eigenvalue weighted by Crippen LogP contribution is -2.32. The SMILES string of the molecule is CCSC(=O)C[C@H](C)[C@H](C(=O)SCC)[C@H](Nc1ccccc1)c1ccco1. The third-order valence-corrected chi connectivity index (χ3v) is 5.89. The van der Waals surface area contributed by atoms with Crippen LogP contribution in [0.25, 0.3) is 0 Å². The number of para-hydroxylation sites is 1. The van der Waals surface area contributed by atoms with Crippen LogP contribution in [0.5, 0.6) is 0 Å². The van der Waals surface area contributed by atoms with Crippen LogP contribution in [0.15, 0.2) is 53.1 Å². The summed E-state index contributed by atoms with van der Waals surface area (Å²) >= 11 is 2.62. The molecule has 27 heavy (non-hydrogen) atoms. The van der Waals surface area contributed by atoms with E-state index in [9.17, 15) is 9.59 Å². The van der Waals surface area contributed by atoms with E-state index < -0.39 is 0 Å². The van der Waals surface area contributed by atoms with Crippen LogP contribution in [0, 0.1) is 11.8 Å². The van der Waals surface area contributed by atoms with Crippen molar-refractivity contribution in [2.75, 3.05) is 16.8 Å². The number of benzene rings is 1. The first kappa shape index (κ1) is 21.6. The molecule has 0 aliphatic heterocycles. The number of thioether (sulfide) groups is 2. The van der Waals surface area contributed by atoms with E-state index >= 15 is 0 Å². The summed E-state index contributed by atoms with van der Waals surface area (Å²) in [5.41, 5.74) is 0.916. The molecule has 0 aliphatic carbocycles. The summed E-state index contributed by atoms with van der Waals surface area (Å²) in [5, 5.41) is 3.68. The van der Waals surface area contributed by atoms with Crippen molar-refractivity contribution < 1.29 is 14.0 Å². The Bertz CT molecular complexity index is 703. The summed E-state index contributed by atoms with van der Waals surface area (Å²) in [6.45, 7) is 5.91. The fourth-order valence-electron chi connectivity index (χ4n) is 3.07. The number of hydrogen-bond donors (Lipinski definition) is 1. The molecule has 146 valence electrons. The lowest BCUT2D eigenvalue weighted by molar-refractivity contribution is -0.117. The van der Waals surface area contributed by atoms with Crippen molar-refractivity contribution >= 4 is 39.4 Å². The van der Waals surface area contributed by atoms with Gasteiger partial charge in [-0.3, -0.25) is 9.59 Å². The first-order valence-electron chi connectivity index (χ1n) is 9.24. The molecule has 1 aromatic carbocycles. The number of hydrogen-bond acceptors (Lipinski definition) is 6. The highest BCUT2D eigenvalue weighted by Crippen LogP contribution is 2.37. The highest BCUT2D eigenvalue weighted by molar-refractivity contribution is 8.13. The van der Waals surface area contributed by atoms with E-state index in [0.717, 1.165) is 11.4 Å². The molecular weight excluding hydrogens is 378 g/mol. The minimum absolute atomic E-state index is 0.0872. The molecule has 0 amide bonds. The van der Waals surface area contributed by atoms with Crippen molar-refractivity contribution in [1.29, 1.82) is 0 Å². The van der Waals surface area contributed by atoms with Crippen LogP contribution in [-0.4, -0.2) is 21.7 Å². The zero-order chi connectivity index (χ0) is 19.6. The van der Waals surface area contributed by atoms with E-state index in [0.29, 0.717) is 17.9 Å². The predicted octanol–water partition coefficient (Wildman–Crippen LogP) is 5.63. The standard InChI is InChI=1S/C21H27NO3S2/c1-4-26-18(23)14-15(3)19(21(24)27-5-2)20(17-12-9-13-25-17)22-16-10-7-6-8-11-16/h6-13,15,19-20,22H,4-5,14H2,1-3H3/t15-,19-,20+/m0/s1. The van der Waals surface area contributed by atoms with Crippen LogP contribution in [0.2, 0.25) is 0 Å². The quantitative estimate of drug-likeness (QED) is 0.552.